The highest BCUT2D eigenvalue weighted by Gasteiger charge is 2.34. The SMILES string of the molecule is COC(=O)[C@@H](C)Oc1ccc(Br)cc1/C=C1/C(=O)NN(c2ccccc2)C1=O. The maximum atomic E-state index is 12.7. The highest BCUT2D eigenvalue weighted by Crippen LogP contribution is 2.29. The molecule has 1 saturated heterocycles. The van der Waals surface area contributed by atoms with Crippen LogP contribution in [0.2, 0.25) is 0 Å². The molecule has 0 bridgehead atoms. The lowest BCUT2D eigenvalue weighted by molar-refractivity contribution is -0.147. The fourth-order valence-corrected chi connectivity index (χ4v) is 2.99. The van der Waals surface area contributed by atoms with Crippen LogP contribution in [0.15, 0.2) is 58.6 Å². The molecule has 2 aromatic carbocycles. The van der Waals surface area contributed by atoms with Gasteiger partial charge < -0.3 is 9.47 Å². The lowest BCUT2D eigenvalue weighted by Crippen LogP contribution is -2.35. The van der Waals surface area contributed by atoms with Crippen molar-refractivity contribution < 1.29 is 23.9 Å². The van der Waals surface area contributed by atoms with Crippen LogP contribution in [0, 0.1) is 0 Å². The second-order valence-corrected chi connectivity index (χ2v) is 6.86. The summed E-state index contributed by atoms with van der Waals surface area (Å²) >= 11 is 3.36. The van der Waals surface area contributed by atoms with E-state index in [0.717, 1.165) is 4.47 Å². The molecule has 144 valence electrons. The fourth-order valence-electron chi connectivity index (χ4n) is 2.62. The number of hydrogen-bond donors (Lipinski definition) is 1. The third kappa shape index (κ3) is 4.07. The van der Waals surface area contributed by atoms with Crippen LogP contribution in [0.25, 0.3) is 6.08 Å². The highest BCUT2D eigenvalue weighted by molar-refractivity contribution is 9.10. The summed E-state index contributed by atoms with van der Waals surface area (Å²) in [4.78, 5) is 36.8. The van der Waals surface area contributed by atoms with Gasteiger partial charge in [0, 0.05) is 10.0 Å². The van der Waals surface area contributed by atoms with Crippen LogP contribution in [-0.4, -0.2) is 31.0 Å². The van der Waals surface area contributed by atoms with Crippen LogP contribution in [0.5, 0.6) is 5.75 Å². The van der Waals surface area contributed by atoms with Gasteiger partial charge >= 0.3 is 5.97 Å². The summed E-state index contributed by atoms with van der Waals surface area (Å²) in [7, 11) is 1.27. The Bertz CT molecular complexity index is 958. The number of para-hydroxylation sites is 1. The van der Waals surface area contributed by atoms with Crippen molar-refractivity contribution in [3.05, 3.63) is 64.1 Å². The summed E-state index contributed by atoms with van der Waals surface area (Å²) in [5.74, 6) is -1.21. The van der Waals surface area contributed by atoms with Crippen molar-refractivity contribution in [1.29, 1.82) is 0 Å². The molecule has 0 spiro atoms. The number of rotatable bonds is 5. The predicted octanol–water partition coefficient (Wildman–Crippen LogP) is 2.85. The molecular formula is C20H17BrN2O5. The van der Waals surface area contributed by atoms with Crippen LogP contribution < -0.4 is 15.2 Å². The Hall–Kier alpha value is -3.13. The third-order valence-corrected chi connectivity index (χ3v) is 4.51. The summed E-state index contributed by atoms with van der Waals surface area (Å²) in [6, 6.07) is 13.8. The Kier molecular flexibility index (Phi) is 5.79. The zero-order valence-electron chi connectivity index (χ0n) is 15.1. The van der Waals surface area contributed by atoms with Gasteiger partial charge in [0.15, 0.2) is 6.10 Å². The molecule has 8 heteroatoms. The van der Waals surface area contributed by atoms with E-state index >= 15 is 0 Å². The van der Waals surface area contributed by atoms with Gasteiger partial charge in [-0.2, -0.15) is 0 Å². The Morgan fingerprint density at radius 1 is 1.18 bits per heavy atom. The zero-order valence-corrected chi connectivity index (χ0v) is 16.7. The number of anilines is 1. The van der Waals surface area contributed by atoms with Crippen molar-refractivity contribution in [3.8, 4) is 5.75 Å². The van der Waals surface area contributed by atoms with Crippen LogP contribution in [-0.2, 0) is 19.1 Å². The Balaban J connectivity index is 1.94. The molecule has 1 aliphatic heterocycles. The number of halogens is 1. The number of benzene rings is 2. The predicted molar refractivity (Wildman–Crippen MR) is 106 cm³/mol. The molecule has 0 aliphatic carbocycles. The van der Waals surface area contributed by atoms with Crippen molar-refractivity contribution in [2.24, 2.45) is 0 Å². The molecule has 0 aromatic heterocycles. The van der Waals surface area contributed by atoms with Gasteiger partial charge in [0.05, 0.1) is 12.8 Å². The zero-order chi connectivity index (χ0) is 20.3. The molecule has 0 unspecified atom stereocenters. The Morgan fingerprint density at radius 2 is 1.89 bits per heavy atom. The second-order valence-electron chi connectivity index (χ2n) is 5.94. The molecule has 7 nitrogen and oxygen atoms in total. The molecule has 3 rings (SSSR count). The molecule has 1 atom stereocenters. The number of hydrazine groups is 1. The van der Waals surface area contributed by atoms with Crippen LogP contribution in [0.1, 0.15) is 12.5 Å². The van der Waals surface area contributed by atoms with Gasteiger partial charge in [0.2, 0.25) is 0 Å². The summed E-state index contributed by atoms with van der Waals surface area (Å²) in [6.45, 7) is 1.55. The van der Waals surface area contributed by atoms with E-state index in [1.54, 1.807) is 49.4 Å². The van der Waals surface area contributed by atoms with Gasteiger partial charge in [-0.25, -0.2) is 9.80 Å². The Morgan fingerprint density at radius 3 is 2.57 bits per heavy atom. The topological polar surface area (TPSA) is 84.9 Å². The number of amides is 2. The molecule has 0 saturated carbocycles. The molecule has 1 heterocycles. The van der Waals surface area contributed by atoms with Gasteiger partial charge in [-0.15, -0.1) is 0 Å². The maximum absolute atomic E-state index is 12.7. The van der Waals surface area contributed by atoms with E-state index in [1.165, 1.54) is 18.2 Å². The van der Waals surface area contributed by atoms with Crippen molar-refractivity contribution in [3.63, 3.8) is 0 Å². The van der Waals surface area contributed by atoms with Crippen molar-refractivity contribution in [1.82, 2.24) is 5.43 Å². The average molecular weight is 445 g/mol. The first-order valence-electron chi connectivity index (χ1n) is 8.37. The maximum Gasteiger partial charge on any atom is 0.346 e. The van der Waals surface area contributed by atoms with E-state index in [-0.39, 0.29) is 5.57 Å². The summed E-state index contributed by atoms with van der Waals surface area (Å²) in [5.41, 5.74) is 3.52. The lowest BCUT2D eigenvalue weighted by Gasteiger charge is -2.15. The molecule has 0 radical (unpaired) electrons. The first-order chi connectivity index (χ1) is 13.4. The van der Waals surface area contributed by atoms with E-state index in [2.05, 4.69) is 26.1 Å². The van der Waals surface area contributed by atoms with E-state index in [1.807, 2.05) is 6.07 Å². The number of methoxy groups -OCH3 is 1. The smallest absolute Gasteiger partial charge is 0.346 e. The quantitative estimate of drug-likeness (QED) is 0.435. The van der Waals surface area contributed by atoms with E-state index in [9.17, 15) is 14.4 Å². The number of esters is 1. The van der Waals surface area contributed by atoms with Gasteiger partial charge in [-0.1, -0.05) is 34.1 Å². The van der Waals surface area contributed by atoms with Crippen LogP contribution in [0.4, 0.5) is 5.69 Å². The molecule has 1 aliphatic rings. The molecule has 1 fully saturated rings. The molecule has 2 aromatic rings. The van der Waals surface area contributed by atoms with E-state index in [0.29, 0.717) is 17.0 Å². The lowest BCUT2D eigenvalue weighted by atomic mass is 10.1. The number of ether oxygens (including phenoxy) is 2. The van der Waals surface area contributed by atoms with Crippen molar-refractivity contribution in [2.75, 3.05) is 12.1 Å². The summed E-state index contributed by atoms with van der Waals surface area (Å²) in [5, 5.41) is 1.18. The third-order valence-electron chi connectivity index (χ3n) is 4.01. The monoisotopic (exact) mass is 444 g/mol. The van der Waals surface area contributed by atoms with E-state index in [4.69, 9.17) is 4.74 Å². The molecule has 1 N–H and O–H groups in total. The summed E-state index contributed by atoms with van der Waals surface area (Å²) < 4.78 is 11.0. The number of nitrogens with one attached hydrogen (secondary N) is 1. The molecule has 28 heavy (non-hydrogen) atoms. The first kappa shape index (κ1) is 19.6. The largest absolute Gasteiger partial charge is 0.478 e. The minimum Gasteiger partial charge on any atom is -0.478 e. The number of carbonyl (C=O) groups is 3. The minimum atomic E-state index is -0.850. The van der Waals surface area contributed by atoms with Gasteiger partial charge in [0.1, 0.15) is 11.3 Å². The van der Waals surface area contributed by atoms with Crippen molar-refractivity contribution >= 4 is 45.5 Å². The standard InChI is InChI=1S/C20H17BrN2O5/c1-12(20(26)27-2)28-17-9-8-14(21)10-13(17)11-16-18(24)22-23(19(16)25)15-6-4-3-5-7-15/h3-12H,1-2H3,(H,22,24)/b16-11-/t12-/m1/s1. The van der Waals surface area contributed by atoms with Crippen LogP contribution >= 0.6 is 15.9 Å². The van der Waals surface area contributed by atoms with Gasteiger partial charge in [-0.3, -0.25) is 15.0 Å². The number of carbonyl (C=O) groups excluding carboxylic acids is 3. The first-order valence-corrected chi connectivity index (χ1v) is 9.16. The Labute approximate surface area is 170 Å². The highest BCUT2D eigenvalue weighted by atomic mass is 79.9. The fraction of sp³-hybridized carbons (Fsp3) is 0.150. The molecular weight excluding hydrogens is 428 g/mol. The van der Waals surface area contributed by atoms with E-state index < -0.39 is 23.9 Å². The van der Waals surface area contributed by atoms with Crippen molar-refractivity contribution in [2.45, 2.75) is 13.0 Å². The second kappa shape index (κ2) is 8.26. The summed E-state index contributed by atoms with van der Waals surface area (Å²) in [6.07, 6.45) is 0.585. The number of hydrogen-bond acceptors (Lipinski definition) is 5. The van der Waals surface area contributed by atoms with Gasteiger partial charge in [0.25, 0.3) is 11.8 Å². The molecule has 2 amide bonds. The van der Waals surface area contributed by atoms with Gasteiger partial charge in [-0.05, 0) is 43.3 Å². The average Bonchev–Trinajstić information content (AvgIpc) is 2.98. The normalized spacial score (nSPS) is 16.1. The van der Waals surface area contributed by atoms with Crippen LogP contribution in [0.3, 0.4) is 0 Å². The number of nitrogens with zero attached hydrogens (tertiary/aromatic N) is 1. The minimum absolute atomic E-state index is 0.0440.